The molecule has 1 aliphatic heterocycles. The van der Waals surface area contributed by atoms with Crippen LogP contribution in [0.25, 0.3) is 0 Å². The molecule has 1 aromatic rings. The summed E-state index contributed by atoms with van der Waals surface area (Å²) in [6.45, 7) is 1.37. The lowest BCUT2D eigenvalue weighted by atomic mass is 10.2. The molecule has 1 amide bonds. The first-order valence-corrected chi connectivity index (χ1v) is 5.95. The molecule has 15 heavy (non-hydrogen) atoms. The van der Waals surface area contributed by atoms with Gasteiger partial charge in [-0.2, -0.15) is 0 Å². The molecule has 2 N–H and O–H groups in total. The van der Waals surface area contributed by atoms with Crippen LogP contribution in [0.5, 0.6) is 0 Å². The van der Waals surface area contributed by atoms with E-state index in [1.165, 1.54) is 12.1 Å². The molecule has 0 radical (unpaired) electrons. The Kier molecular flexibility index (Phi) is 2.28. The number of rotatable bonds is 2. The molecule has 6 nitrogen and oxygen atoms in total. The summed E-state index contributed by atoms with van der Waals surface area (Å²) >= 11 is 0. The molecule has 1 fully saturated rings. The molecular weight excluding hydrogens is 220 g/mol. The van der Waals surface area contributed by atoms with Gasteiger partial charge >= 0.3 is 0 Å². The predicted molar refractivity (Wildman–Crippen MR) is 50.6 cm³/mol. The van der Waals surface area contributed by atoms with Crippen molar-refractivity contribution in [3.05, 3.63) is 17.9 Å². The van der Waals surface area contributed by atoms with E-state index in [1.54, 1.807) is 4.90 Å². The number of nitrogens with two attached hydrogens (primary N) is 1. The Bertz CT molecular complexity index is 486. The van der Waals surface area contributed by atoms with Crippen LogP contribution >= 0.6 is 0 Å². The molecule has 0 aromatic carbocycles. The van der Waals surface area contributed by atoms with Crippen molar-refractivity contribution >= 4 is 15.9 Å². The molecule has 2 heterocycles. The lowest BCUT2D eigenvalue weighted by Gasteiger charge is -2.29. The molecule has 2 rings (SSSR count). The van der Waals surface area contributed by atoms with E-state index in [1.807, 2.05) is 0 Å². The highest BCUT2D eigenvalue weighted by atomic mass is 32.2. The van der Waals surface area contributed by atoms with Crippen LogP contribution in [0.15, 0.2) is 21.6 Å². The van der Waals surface area contributed by atoms with Gasteiger partial charge < -0.3 is 9.32 Å². The van der Waals surface area contributed by atoms with Crippen LogP contribution in [0.3, 0.4) is 0 Å². The third kappa shape index (κ3) is 1.88. The van der Waals surface area contributed by atoms with Crippen molar-refractivity contribution in [2.24, 2.45) is 5.14 Å². The number of hydrogen-bond donors (Lipinski definition) is 1. The summed E-state index contributed by atoms with van der Waals surface area (Å²) in [5.41, 5.74) is 0. The average molecular weight is 230 g/mol. The van der Waals surface area contributed by atoms with Crippen LogP contribution < -0.4 is 5.14 Å². The van der Waals surface area contributed by atoms with Gasteiger partial charge in [0, 0.05) is 13.1 Å². The maximum Gasteiger partial charge on any atom is 0.289 e. The second-order valence-electron chi connectivity index (χ2n) is 3.31. The van der Waals surface area contributed by atoms with Crippen LogP contribution in [-0.2, 0) is 10.0 Å². The topological polar surface area (TPSA) is 93.6 Å². The minimum atomic E-state index is -3.87. The van der Waals surface area contributed by atoms with E-state index in [-0.39, 0.29) is 16.8 Å². The zero-order chi connectivity index (χ0) is 11.1. The first-order valence-electron chi connectivity index (χ1n) is 4.40. The van der Waals surface area contributed by atoms with Gasteiger partial charge in [0.1, 0.15) is 0 Å². The largest absolute Gasteiger partial charge is 0.438 e. The van der Waals surface area contributed by atoms with Crippen molar-refractivity contribution in [2.45, 2.75) is 11.5 Å². The van der Waals surface area contributed by atoms with Crippen LogP contribution in [0.1, 0.15) is 17.0 Å². The van der Waals surface area contributed by atoms with Crippen molar-refractivity contribution in [3.63, 3.8) is 0 Å². The molecule has 0 bridgehead atoms. The van der Waals surface area contributed by atoms with Gasteiger partial charge in [-0.25, -0.2) is 13.6 Å². The number of carbonyl (C=O) groups is 1. The third-order valence-corrected chi connectivity index (χ3v) is 3.00. The van der Waals surface area contributed by atoms with E-state index in [9.17, 15) is 13.2 Å². The zero-order valence-electron chi connectivity index (χ0n) is 7.84. The number of primary sulfonamides is 1. The van der Waals surface area contributed by atoms with Gasteiger partial charge in [0.2, 0.25) is 5.09 Å². The quantitative estimate of drug-likeness (QED) is 0.759. The van der Waals surface area contributed by atoms with Crippen molar-refractivity contribution in [1.29, 1.82) is 0 Å². The maximum absolute atomic E-state index is 11.6. The van der Waals surface area contributed by atoms with Gasteiger partial charge in [0.25, 0.3) is 15.9 Å². The number of amides is 1. The molecule has 1 aromatic heterocycles. The molecule has 0 unspecified atom stereocenters. The molecule has 0 saturated carbocycles. The van der Waals surface area contributed by atoms with Gasteiger partial charge in [-0.1, -0.05) is 0 Å². The Morgan fingerprint density at radius 2 is 2.07 bits per heavy atom. The summed E-state index contributed by atoms with van der Waals surface area (Å²) in [4.78, 5) is 13.1. The van der Waals surface area contributed by atoms with Crippen LogP contribution in [-0.4, -0.2) is 32.3 Å². The molecule has 0 aliphatic carbocycles. The van der Waals surface area contributed by atoms with Gasteiger partial charge in [0.15, 0.2) is 5.76 Å². The minimum absolute atomic E-state index is 0.0127. The van der Waals surface area contributed by atoms with Crippen molar-refractivity contribution in [2.75, 3.05) is 13.1 Å². The fourth-order valence-electron chi connectivity index (χ4n) is 1.26. The highest BCUT2D eigenvalue weighted by Gasteiger charge is 2.25. The van der Waals surface area contributed by atoms with E-state index in [4.69, 9.17) is 9.56 Å². The number of likely N-dealkylation sites (tertiary alicyclic amines) is 1. The Morgan fingerprint density at radius 3 is 2.47 bits per heavy atom. The van der Waals surface area contributed by atoms with Crippen LogP contribution in [0, 0.1) is 0 Å². The van der Waals surface area contributed by atoms with Gasteiger partial charge in [0.05, 0.1) is 0 Å². The van der Waals surface area contributed by atoms with Gasteiger partial charge in [-0.05, 0) is 18.6 Å². The lowest BCUT2D eigenvalue weighted by molar-refractivity contribution is 0.0613. The smallest absolute Gasteiger partial charge is 0.289 e. The first kappa shape index (κ1) is 10.2. The highest BCUT2D eigenvalue weighted by molar-refractivity contribution is 7.89. The third-order valence-electron chi connectivity index (χ3n) is 2.22. The fraction of sp³-hybridized carbons (Fsp3) is 0.375. The molecule has 7 heteroatoms. The van der Waals surface area contributed by atoms with Crippen LogP contribution in [0.2, 0.25) is 0 Å². The number of furan rings is 1. The van der Waals surface area contributed by atoms with Crippen molar-refractivity contribution in [3.8, 4) is 0 Å². The Morgan fingerprint density at radius 1 is 1.40 bits per heavy atom. The first-order chi connectivity index (χ1) is 6.98. The highest BCUT2D eigenvalue weighted by Crippen LogP contribution is 2.17. The number of nitrogens with zero attached hydrogens (tertiary/aromatic N) is 1. The SMILES string of the molecule is NS(=O)(=O)c1ccc(C(=O)N2CCC2)o1. The summed E-state index contributed by atoms with van der Waals surface area (Å²) in [5, 5.41) is 4.46. The molecule has 82 valence electrons. The normalized spacial score (nSPS) is 16.2. The molecular formula is C8H10N2O4S. The summed E-state index contributed by atoms with van der Waals surface area (Å²) in [7, 11) is -3.87. The van der Waals surface area contributed by atoms with Gasteiger partial charge in [-0.15, -0.1) is 0 Å². The second kappa shape index (κ2) is 3.35. The Balaban J connectivity index is 2.23. The molecule has 0 atom stereocenters. The number of hydrogen-bond acceptors (Lipinski definition) is 4. The zero-order valence-corrected chi connectivity index (χ0v) is 8.66. The molecule has 1 saturated heterocycles. The predicted octanol–water partition coefficient (Wildman–Crippen LogP) is -0.227. The summed E-state index contributed by atoms with van der Waals surface area (Å²) in [6.07, 6.45) is 0.967. The van der Waals surface area contributed by atoms with E-state index < -0.39 is 10.0 Å². The van der Waals surface area contributed by atoms with Crippen molar-refractivity contribution in [1.82, 2.24) is 4.90 Å². The van der Waals surface area contributed by atoms with Crippen molar-refractivity contribution < 1.29 is 17.6 Å². The Hall–Kier alpha value is -1.34. The summed E-state index contributed by atoms with van der Waals surface area (Å²) in [5.74, 6) is -0.283. The number of carbonyl (C=O) groups excluding carboxylic acids is 1. The number of sulfonamides is 1. The standard InChI is InChI=1S/C8H10N2O4S/c9-15(12,13)7-3-2-6(14-7)8(11)10-4-1-5-10/h2-3H,1,4-5H2,(H2,9,12,13). The van der Waals surface area contributed by atoms with E-state index in [2.05, 4.69) is 0 Å². The molecule has 0 spiro atoms. The van der Waals surface area contributed by atoms with Gasteiger partial charge in [-0.3, -0.25) is 4.79 Å². The summed E-state index contributed by atoms with van der Waals surface area (Å²) < 4.78 is 26.6. The Labute approximate surface area is 86.7 Å². The lowest BCUT2D eigenvalue weighted by Crippen LogP contribution is -2.41. The second-order valence-corrected chi connectivity index (χ2v) is 4.80. The maximum atomic E-state index is 11.6. The fourth-order valence-corrected chi connectivity index (χ4v) is 1.73. The van der Waals surface area contributed by atoms with E-state index in [0.717, 1.165) is 6.42 Å². The van der Waals surface area contributed by atoms with Crippen LogP contribution in [0.4, 0.5) is 0 Å². The van der Waals surface area contributed by atoms with E-state index >= 15 is 0 Å². The average Bonchev–Trinajstić information content (AvgIpc) is 2.46. The molecule has 1 aliphatic rings. The minimum Gasteiger partial charge on any atom is -0.438 e. The monoisotopic (exact) mass is 230 g/mol. The van der Waals surface area contributed by atoms with E-state index in [0.29, 0.717) is 13.1 Å². The summed E-state index contributed by atoms with van der Waals surface area (Å²) in [6, 6.07) is 2.50.